The zero-order valence-corrected chi connectivity index (χ0v) is 15.3. The van der Waals surface area contributed by atoms with Crippen LogP contribution in [0.25, 0.3) is 4.85 Å². The normalized spacial score (nSPS) is 24.0. The number of nitrogens with two attached hydrogens (primary N) is 1. The Morgan fingerprint density at radius 2 is 2.14 bits per heavy atom. The molecule has 3 rings (SSSR count). The Morgan fingerprint density at radius 1 is 1.39 bits per heavy atom. The number of hydrogen-bond acceptors (Lipinski definition) is 5. The fraction of sp³-hybridized carbons (Fsp3) is 0.300. The molecule has 0 bridgehead atoms. The summed E-state index contributed by atoms with van der Waals surface area (Å²) >= 11 is 0. The van der Waals surface area contributed by atoms with Gasteiger partial charge in [0.25, 0.3) is 6.02 Å². The first-order valence-electron chi connectivity index (χ1n) is 8.56. The third kappa shape index (κ3) is 3.56. The summed E-state index contributed by atoms with van der Waals surface area (Å²) in [7, 11) is 0. The van der Waals surface area contributed by atoms with Crippen molar-refractivity contribution < 1.29 is 18.3 Å². The Labute approximate surface area is 160 Å². The van der Waals surface area contributed by atoms with Gasteiger partial charge in [-0.15, -0.1) is 0 Å². The van der Waals surface area contributed by atoms with Gasteiger partial charge in [-0.25, -0.2) is 18.6 Å². The molecule has 1 aliphatic rings. The largest absolute Gasteiger partial charge is 0.459 e. The predicted molar refractivity (Wildman–Crippen MR) is 99.4 cm³/mol. The number of alkyl halides is 1. The van der Waals surface area contributed by atoms with E-state index in [0.29, 0.717) is 11.3 Å². The molecule has 0 spiro atoms. The van der Waals surface area contributed by atoms with Gasteiger partial charge in [0, 0.05) is 18.2 Å². The summed E-state index contributed by atoms with van der Waals surface area (Å²) in [6.45, 7) is 9.85. The van der Waals surface area contributed by atoms with Gasteiger partial charge in [0.05, 0.1) is 6.57 Å². The van der Waals surface area contributed by atoms with Crippen molar-refractivity contribution >= 4 is 17.5 Å². The lowest BCUT2D eigenvalue weighted by Crippen LogP contribution is -2.48. The summed E-state index contributed by atoms with van der Waals surface area (Å²) in [6.07, 6.45) is -1.26. The Bertz CT molecular complexity index is 985. The van der Waals surface area contributed by atoms with Crippen LogP contribution >= 0.6 is 0 Å². The molecular weight excluding hydrogens is 366 g/mol. The van der Waals surface area contributed by atoms with Gasteiger partial charge in [-0.05, 0) is 37.6 Å². The molecule has 0 saturated heterocycles. The average molecular weight is 384 g/mol. The summed E-state index contributed by atoms with van der Waals surface area (Å²) in [6, 6.07) is 6.80. The van der Waals surface area contributed by atoms with Crippen LogP contribution in [-0.4, -0.2) is 29.1 Å². The van der Waals surface area contributed by atoms with Crippen LogP contribution in [0.5, 0.6) is 0 Å². The molecule has 1 aromatic carbocycles. The number of benzene rings is 1. The number of aromatic nitrogens is 1. The van der Waals surface area contributed by atoms with Crippen LogP contribution in [0.1, 0.15) is 35.5 Å². The molecule has 0 unspecified atom stereocenters. The van der Waals surface area contributed by atoms with Crippen LogP contribution < -0.4 is 5.73 Å². The summed E-state index contributed by atoms with van der Waals surface area (Å²) in [5.41, 5.74) is 5.06. The SMILES string of the molecule is [C-]#[N+]c1ccc(C(=O)Cc2ccc(F)c([C@@]3(C)N=C(N)O[C@@H](C)[C@@H]3F)c2)nc1. The first kappa shape index (κ1) is 19.4. The fourth-order valence-electron chi connectivity index (χ4n) is 3.20. The number of rotatable bonds is 4. The molecule has 28 heavy (non-hydrogen) atoms. The lowest BCUT2D eigenvalue weighted by atomic mass is 9.83. The molecule has 1 aliphatic heterocycles. The minimum atomic E-state index is -1.62. The van der Waals surface area contributed by atoms with E-state index < -0.39 is 23.6 Å². The van der Waals surface area contributed by atoms with Crippen molar-refractivity contribution in [3.8, 4) is 0 Å². The van der Waals surface area contributed by atoms with Crippen LogP contribution in [0, 0.1) is 12.4 Å². The van der Waals surface area contributed by atoms with Gasteiger partial charge in [0.1, 0.15) is 23.2 Å². The number of nitrogens with zero attached hydrogens (tertiary/aromatic N) is 3. The number of ether oxygens (including phenoxy) is 1. The van der Waals surface area contributed by atoms with Gasteiger partial charge in [-0.2, -0.15) is 0 Å². The molecule has 0 amide bonds. The topological polar surface area (TPSA) is 81.9 Å². The second-order valence-electron chi connectivity index (χ2n) is 6.75. The number of aliphatic imine (C=N–C) groups is 1. The third-order valence-corrected chi connectivity index (χ3v) is 4.70. The van der Waals surface area contributed by atoms with Gasteiger partial charge in [0.15, 0.2) is 12.0 Å². The quantitative estimate of drug-likeness (QED) is 0.646. The predicted octanol–water partition coefficient (Wildman–Crippen LogP) is 3.48. The van der Waals surface area contributed by atoms with E-state index in [0.717, 1.165) is 0 Å². The van der Waals surface area contributed by atoms with E-state index in [4.69, 9.17) is 17.0 Å². The molecule has 2 aromatic rings. The lowest BCUT2D eigenvalue weighted by Gasteiger charge is -2.37. The fourth-order valence-corrected chi connectivity index (χ4v) is 3.20. The first-order valence-corrected chi connectivity index (χ1v) is 8.56. The lowest BCUT2D eigenvalue weighted by molar-refractivity contribution is 0.0298. The highest BCUT2D eigenvalue weighted by Gasteiger charge is 2.46. The van der Waals surface area contributed by atoms with Gasteiger partial charge < -0.3 is 10.5 Å². The summed E-state index contributed by atoms with van der Waals surface area (Å²) in [5, 5.41) is 0. The van der Waals surface area contributed by atoms with Crippen LogP contribution in [0.3, 0.4) is 0 Å². The minimum absolute atomic E-state index is 0.000266. The molecular formula is C20H18F2N4O2. The molecule has 2 heterocycles. The van der Waals surface area contributed by atoms with Crippen molar-refractivity contribution in [3.05, 3.63) is 70.6 Å². The summed E-state index contributed by atoms with van der Waals surface area (Å²) in [4.78, 5) is 23.7. The molecule has 2 N–H and O–H groups in total. The summed E-state index contributed by atoms with van der Waals surface area (Å²) < 4.78 is 34.4. The molecule has 6 nitrogen and oxygen atoms in total. The maximum Gasteiger partial charge on any atom is 0.283 e. The van der Waals surface area contributed by atoms with Crippen molar-refractivity contribution in [2.75, 3.05) is 0 Å². The molecule has 0 aliphatic carbocycles. The van der Waals surface area contributed by atoms with Crippen molar-refractivity contribution in [2.45, 2.75) is 38.1 Å². The van der Waals surface area contributed by atoms with Gasteiger partial charge >= 0.3 is 0 Å². The van der Waals surface area contributed by atoms with E-state index in [1.165, 1.54) is 50.4 Å². The van der Waals surface area contributed by atoms with Crippen LogP contribution in [0.4, 0.5) is 14.5 Å². The standard InChI is InChI=1S/C20H18F2N4O2/c1-11-18(22)20(2,26-19(23)28-11)14-8-12(4-6-15(14)21)9-17(27)16-7-5-13(24-3)10-25-16/h4-8,10-11,18H,9H2,1-2H3,(H2,23,26)/t11-,18-,20+/m0/s1. The van der Waals surface area contributed by atoms with E-state index in [1.54, 1.807) is 0 Å². The molecule has 3 atom stereocenters. The number of amidine groups is 1. The van der Waals surface area contributed by atoms with E-state index in [-0.39, 0.29) is 29.5 Å². The number of carbonyl (C=O) groups excluding carboxylic acids is 1. The molecule has 0 saturated carbocycles. The second-order valence-corrected chi connectivity index (χ2v) is 6.75. The Kier molecular flexibility index (Phi) is 5.10. The minimum Gasteiger partial charge on any atom is -0.459 e. The number of halogens is 2. The number of ketones is 1. The van der Waals surface area contributed by atoms with Crippen LogP contribution in [0.15, 0.2) is 41.5 Å². The van der Waals surface area contributed by atoms with Crippen molar-refractivity contribution in [3.63, 3.8) is 0 Å². The average Bonchev–Trinajstić information content (AvgIpc) is 2.67. The maximum atomic E-state index is 14.8. The van der Waals surface area contributed by atoms with Gasteiger partial charge in [-0.1, -0.05) is 12.1 Å². The number of Topliss-reactive ketones (excluding diaryl/α,β-unsaturated/α-hetero) is 1. The molecule has 0 radical (unpaired) electrons. The zero-order chi connectivity index (χ0) is 20.5. The van der Waals surface area contributed by atoms with Crippen molar-refractivity contribution in [1.29, 1.82) is 0 Å². The summed E-state index contributed by atoms with van der Waals surface area (Å²) in [5.74, 6) is -0.953. The zero-order valence-electron chi connectivity index (χ0n) is 15.3. The molecule has 8 heteroatoms. The monoisotopic (exact) mass is 384 g/mol. The molecule has 0 fully saturated rings. The molecule has 1 aromatic heterocycles. The molecule has 144 valence electrons. The van der Waals surface area contributed by atoms with Crippen molar-refractivity contribution in [1.82, 2.24) is 4.98 Å². The Morgan fingerprint density at radius 3 is 2.79 bits per heavy atom. The van der Waals surface area contributed by atoms with Crippen LogP contribution in [-0.2, 0) is 16.7 Å². The highest BCUT2D eigenvalue weighted by Crippen LogP contribution is 2.38. The van der Waals surface area contributed by atoms with E-state index >= 15 is 0 Å². The Hall–Kier alpha value is -3.34. The third-order valence-electron chi connectivity index (χ3n) is 4.70. The number of carbonyl (C=O) groups is 1. The maximum absolute atomic E-state index is 14.8. The smallest absolute Gasteiger partial charge is 0.283 e. The first-order chi connectivity index (χ1) is 13.2. The van der Waals surface area contributed by atoms with E-state index in [9.17, 15) is 13.6 Å². The highest BCUT2D eigenvalue weighted by atomic mass is 19.1. The van der Waals surface area contributed by atoms with Gasteiger partial charge in [-0.3, -0.25) is 9.78 Å². The Balaban J connectivity index is 1.92. The van der Waals surface area contributed by atoms with E-state index in [2.05, 4.69) is 14.8 Å². The number of hydrogen-bond donors (Lipinski definition) is 1. The second kappa shape index (κ2) is 7.35. The number of pyridine rings is 1. The van der Waals surface area contributed by atoms with E-state index in [1.807, 2.05) is 0 Å². The van der Waals surface area contributed by atoms with Gasteiger partial charge in [0.2, 0.25) is 5.69 Å². The van der Waals surface area contributed by atoms with Crippen molar-refractivity contribution in [2.24, 2.45) is 10.7 Å². The van der Waals surface area contributed by atoms with Crippen LogP contribution in [0.2, 0.25) is 0 Å². The highest BCUT2D eigenvalue weighted by molar-refractivity contribution is 5.96.